The molecule has 0 aliphatic heterocycles. The van der Waals surface area contributed by atoms with E-state index in [1.807, 2.05) is 6.92 Å². The highest BCUT2D eigenvalue weighted by molar-refractivity contribution is 9.10. The maximum atomic E-state index is 12.5. The van der Waals surface area contributed by atoms with Crippen LogP contribution >= 0.6 is 15.9 Å². The van der Waals surface area contributed by atoms with Crippen molar-refractivity contribution in [2.24, 2.45) is 0 Å². The highest BCUT2D eigenvalue weighted by Crippen LogP contribution is 2.27. The first kappa shape index (κ1) is 15.7. The van der Waals surface area contributed by atoms with Gasteiger partial charge in [0.05, 0.1) is 21.5 Å². The SMILES string of the molecule is Cc1ccc(N)cc1S(=O)Cc1ccc(Br)cc1[N+](=O)[O-]. The molecule has 0 amide bonds. The van der Waals surface area contributed by atoms with Gasteiger partial charge in [0, 0.05) is 26.7 Å². The van der Waals surface area contributed by atoms with E-state index in [0.717, 1.165) is 5.56 Å². The average Bonchev–Trinajstić information content (AvgIpc) is 2.43. The number of nitro groups is 1. The number of nitrogens with two attached hydrogens (primary N) is 1. The third kappa shape index (κ3) is 3.68. The Morgan fingerprint density at radius 1 is 1.29 bits per heavy atom. The third-order valence-electron chi connectivity index (χ3n) is 2.99. The van der Waals surface area contributed by atoms with Crippen LogP contribution in [0.4, 0.5) is 11.4 Å². The van der Waals surface area contributed by atoms with Gasteiger partial charge < -0.3 is 5.73 Å². The largest absolute Gasteiger partial charge is 0.399 e. The summed E-state index contributed by atoms with van der Waals surface area (Å²) in [5.74, 6) is 0.0773. The summed E-state index contributed by atoms with van der Waals surface area (Å²) in [6, 6.07) is 9.90. The maximum absolute atomic E-state index is 12.5. The van der Waals surface area contributed by atoms with Gasteiger partial charge in [-0.15, -0.1) is 0 Å². The minimum Gasteiger partial charge on any atom is -0.399 e. The van der Waals surface area contributed by atoms with Gasteiger partial charge in [0.25, 0.3) is 5.69 Å². The molecular weight excluding hydrogens is 356 g/mol. The second-order valence-electron chi connectivity index (χ2n) is 4.54. The number of aryl methyl sites for hydroxylation is 1. The zero-order valence-electron chi connectivity index (χ0n) is 11.2. The fourth-order valence-electron chi connectivity index (χ4n) is 1.91. The Kier molecular flexibility index (Phi) is 4.74. The van der Waals surface area contributed by atoms with Crippen molar-refractivity contribution in [2.75, 3.05) is 5.73 Å². The van der Waals surface area contributed by atoms with Crippen LogP contribution in [0.3, 0.4) is 0 Å². The van der Waals surface area contributed by atoms with E-state index >= 15 is 0 Å². The molecule has 5 nitrogen and oxygen atoms in total. The fourth-order valence-corrected chi connectivity index (χ4v) is 3.64. The van der Waals surface area contributed by atoms with Gasteiger partial charge in [-0.2, -0.15) is 0 Å². The van der Waals surface area contributed by atoms with Gasteiger partial charge >= 0.3 is 0 Å². The normalized spacial score (nSPS) is 12.1. The predicted octanol–water partition coefficient (Wildman–Crippen LogP) is 3.56. The number of rotatable bonds is 4. The van der Waals surface area contributed by atoms with Gasteiger partial charge in [-0.05, 0) is 30.7 Å². The fraction of sp³-hybridized carbons (Fsp3) is 0.143. The van der Waals surface area contributed by atoms with Crippen molar-refractivity contribution < 1.29 is 9.13 Å². The molecule has 1 atom stereocenters. The lowest BCUT2D eigenvalue weighted by Gasteiger charge is -2.08. The molecule has 0 bridgehead atoms. The van der Waals surface area contributed by atoms with E-state index in [1.54, 1.807) is 30.3 Å². The van der Waals surface area contributed by atoms with Gasteiger partial charge in [0.2, 0.25) is 0 Å². The highest BCUT2D eigenvalue weighted by Gasteiger charge is 2.18. The number of anilines is 1. The van der Waals surface area contributed by atoms with Crippen LogP contribution in [0.2, 0.25) is 0 Å². The van der Waals surface area contributed by atoms with Crippen LogP contribution in [0.15, 0.2) is 45.8 Å². The van der Waals surface area contributed by atoms with E-state index in [4.69, 9.17) is 5.73 Å². The number of benzene rings is 2. The van der Waals surface area contributed by atoms with Crippen LogP contribution in [0.5, 0.6) is 0 Å². The smallest absolute Gasteiger partial charge is 0.274 e. The number of hydrogen-bond acceptors (Lipinski definition) is 4. The number of hydrogen-bond donors (Lipinski definition) is 1. The Morgan fingerprint density at radius 2 is 2.00 bits per heavy atom. The summed E-state index contributed by atoms with van der Waals surface area (Å²) in [6.07, 6.45) is 0. The van der Waals surface area contributed by atoms with E-state index in [1.165, 1.54) is 6.07 Å². The lowest BCUT2D eigenvalue weighted by Crippen LogP contribution is -2.03. The molecule has 1 unspecified atom stereocenters. The second-order valence-corrected chi connectivity index (χ2v) is 6.88. The Balaban J connectivity index is 2.36. The molecule has 2 rings (SSSR count). The topological polar surface area (TPSA) is 86.2 Å². The lowest BCUT2D eigenvalue weighted by molar-refractivity contribution is -0.385. The Hall–Kier alpha value is -1.73. The first-order valence-electron chi connectivity index (χ1n) is 6.06. The maximum Gasteiger partial charge on any atom is 0.274 e. The number of nitro benzene ring substituents is 1. The molecule has 2 N–H and O–H groups in total. The zero-order valence-corrected chi connectivity index (χ0v) is 13.6. The molecule has 21 heavy (non-hydrogen) atoms. The quantitative estimate of drug-likeness (QED) is 0.507. The molecule has 0 aliphatic rings. The minimum absolute atomic E-state index is 0.0423. The van der Waals surface area contributed by atoms with Gasteiger partial charge in [-0.25, -0.2) is 0 Å². The minimum atomic E-state index is -1.39. The second kappa shape index (κ2) is 6.36. The molecular formula is C14H13BrN2O3S. The molecule has 0 fully saturated rings. The van der Waals surface area contributed by atoms with E-state index in [9.17, 15) is 14.3 Å². The van der Waals surface area contributed by atoms with Crippen molar-refractivity contribution in [2.45, 2.75) is 17.6 Å². The van der Waals surface area contributed by atoms with Gasteiger partial charge in [0.1, 0.15) is 0 Å². The van der Waals surface area contributed by atoms with Crippen LogP contribution in [-0.2, 0) is 16.6 Å². The van der Waals surface area contributed by atoms with Crippen molar-refractivity contribution in [3.8, 4) is 0 Å². The van der Waals surface area contributed by atoms with Crippen molar-refractivity contribution in [3.05, 3.63) is 62.1 Å². The zero-order chi connectivity index (χ0) is 15.6. The molecule has 0 heterocycles. The molecule has 2 aromatic rings. The van der Waals surface area contributed by atoms with Crippen molar-refractivity contribution in [1.82, 2.24) is 0 Å². The van der Waals surface area contributed by atoms with E-state index < -0.39 is 15.7 Å². The first-order valence-corrected chi connectivity index (χ1v) is 8.17. The van der Waals surface area contributed by atoms with E-state index in [2.05, 4.69) is 15.9 Å². The van der Waals surface area contributed by atoms with Crippen LogP contribution in [0.1, 0.15) is 11.1 Å². The molecule has 7 heteroatoms. The Bertz CT molecular complexity index is 734. The van der Waals surface area contributed by atoms with Gasteiger partial charge in [0.15, 0.2) is 0 Å². The standard InChI is InChI=1S/C14H13BrN2O3S/c1-9-2-5-12(16)7-14(9)21(20)8-10-3-4-11(15)6-13(10)17(18)19/h2-7H,8,16H2,1H3. The van der Waals surface area contributed by atoms with Gasteiger partial charge in [-0.1, -0.05) is 28.1 Å². The van der Waals surface area contributed by atoms with E-state index in [-0.39, 0.29) is 11.4 Å². The van der Waals surface area contributed by atoms with Crippen molar-refractivity contribution in [1.29, 1.82) is 0 Å². The summed E-state index contributed by atoms with van der Waals surface area (Å²) < 4.78 is 13.1. The number of halogens is 1. The summed E-state index contributed by atoms with van der Waals surface area (Å²) >= 11 is 3.20. The monoisotopic (exact) mass is 368 g/mol. The van der Waals surface area contributed by atoms with Crippen LogP contribution < -0.4 is 5.73 Å². The van der Waals surface area contributed by atoms with E-state index in [0.29, 0.717) is 20.6 Å². The summed E-state index contributed by atoms with van der Waals surface area (Å²) in [6.45, 7) is 1.84. The Morgan fingerprint density at radius 3 is 2.67 bits per heavy atom. The lowest BCUT2D eigenvalue weighted by atomic mass is 10.2. The molecule has 0 aromatic heterocycles. The first-order chi connectivity index (χ1) is 9.88. The molecule has 0 radical (unpaired) electrons. The summed E-state index contributed by atoms with van der Waals surface area (Å²) in [7, 11) is -1.39. The summed E-state index contributed by atoms with van der Waals surface area (Å²) in [4.78, 5) is 11.2. The molecule has 0 saturated carbocycles. The number of nitrogens with zero attached hydrogens (tertiary/aromatic N) is 1. The third-order valence-corrected chi connectivity index (χ3v) is 4.98. The summed E-state index contributed by atoms with van der Waals surface area (Å²) in [5.41, 5.74) is 7.47. The van der Waals surface area contributed by atoms with Crippen LogP contribution in [0, 0.1) is 17.0 Å². The van der Waals surface area contributed by atoms with Crippen LogP contribution in [0.25, 0.3) is 0 Å². The molecule has 2 aromatic carbocycles. The van der Waals surface area contributed by atoms with Crippen LogP contribution in [-0.4, -0.2) is 9.13 Å². The van der Waals surface area contributed by atoms with Crippen molar-refractivity contribution in [3.63, 3.8) is 0 Å². The Labute approximate surface area is 132 Å². The van der Waals surface area contributed by atoms with Crippen molar-refractivity contribution >= 4 is 38.1 Å². The molecule has 110 valence electrons. The molecule has 0 spiro atoms. The number of nitrogen functional groups attached to an aromatic ring is 1. The molecule has 0 aliphatic carbocycles. The molecule has 0 saturated heterocycles. The summed E-state index contributed by atoms with van der Waals surface area (Å²) in [5, 5.41) is 11.1. The average molecular weight is 369 g/mol. The van der Waals surface area contributed by atoms with Gasteiger partial charge in [-0.3, -0.25) is 14.3 Å². The predicted molar refractivity (Wildman–Crippen MR) is 86.5 cm³/mol. The highest BCUT2D eigenvalue weighted by atomic mass is 79.9.